The van der Waals surface area contributed by atoms with Gasteiger partial charge >= 0.3 is 5.97 Å². The van der Waals surface area contributed by atoms with Crippen LogP contribution in [0.25, 0.3) is 0 Å². The van der Waals surface area contributed by atoms with Crippen molar-refractivity contribution in [3.8, 4) is 11.8 Å². The second kappa shape index (κ2) is 9.29. The number of amidine groups is 1. The summed E-state index contributed by atoms with van der Waals surface area (Å²) < 4.78 is 16.1. The summed E-state index contributed by atoms with van der Waals surface area (Å²) in [5, 5.41) is 9.99. The maximum atomic E-state index is 12.6. The lowest BCUT2D eigenvalue weighted by Crippen LogP contribution is -2.24. The number of carbonyl (C=O) groups excluding carboxylic acids is 1. The van der Waals surface area contributed by atoms with E-state index >= 15 is 0 Å². The molecule has 0 fully saturated rings. The van der Waals surface area contributed by atoms with Gasteiger partial charge in [-0.2, -0.15) is 10.3 Å². The zero-order chi connectivity index (χ0) is 20.8. The molecule has 0 radical (unpaired) electrons. The number of allylic oxidation sites excluding steroid dienone is 2. The zero-order valence-electron chi connectivity index (χ0n) is 16.4. The lowest BCUT2D eigenvalue weighted by molar-refractivity contribution is -0.139. The lowest BCUT2D eigenvalue weighted by atomic mass is 9.83. The molecule has 0 amide bonds. The summed E-state index contributed by atoms with van der Waals surface area (Å²) in [4.78, 5) is 18.4. The number of hydrogen-bond donors (Lipinski definition) is 0. The molecule has 2 rings (SSSR count). The van der Waals surface area contributed by atoms with Crippen LogP contribution in [0.2, 0.25) is 0 Å². The summed E-state index contributed by atoms with van der Waals surface area (Å²) in [7, 11) is 5.00. The molecule has 148 valence electrons. The van der Waals surface area contributed by atoms with E-state index in [0.717, 1.165) is 0 Å². The number of nitriles is 1. The first kappa shape index (κ1) is 21.3. The van der Waals surface area contributed by atoms with Gasteiger partial charge in [0.25, 0.3) is 0 Å². The molecule has 0 aliphatic carbocycles. The number of nitrogens with zero attached hydrogens (tertiary/aromatic N) is 3. The van der Waals surface area contributed by atoms with Gasteiger partial charge in [-0.1, -0.05) is 12.1 Å². The highest BCUT2D eigenvalue weighted by atomic mass is 35.5. The molecule has 1 unspecified atom stereocenters. The Balaban J connectivity index is 2.67. The maximum Gasteiger partial charge on any atom is 0.338 e. The number of hydrogen-bond acceptors (Lipinski definition) is 6. The third kappa shape index (κ3) is 4.46. The molecule has 0 saturated carbocycles. The predicted octanol–water partition coefficient (Wildman–Crippen LogP) is 3.54. The Morgan fingerprint density at radius 1 is 1.36 bits per heavy atom. The smallest absolute Gasteiger partial charge is 0.338 e. The molecule has 0 aromatic heterocycles. The van der Waals surface area contributed by atoms with Crippen molar-refractivity contribution >= 4 is 22.9 Å². The fourth-order valence-electron chi connectivity index (χ4n) is 2.71. The minimum absolute atomic E-state index is 0.0487. The summed E-state index contributed by atoms with van der Waals surface area (Å²) in [6, 6.07) is 9.21. The molecule has 1 aliphatic rings. The SMILES string of the molecule is CCOC(=O)C1=C(C)OC(/N=C(\Cl)N(C)C)=C(C#N)C1c1ccc(OC)cc1. The second-order valence-corrected chi connectivity index (χ2v) is 6.44. The van der Waals surface area contributed by atoms with Crippen LogP contribution in [0.5, 0.6) is 5.75 Å². The van der Waals surface area contributed by atoms with E-state index in [-0.39, 0.29) is 28.9 Å². The minimum Gasteiger partial charge on any atom is -0.497 e. The lowest BCUT2D eigenvalue weighted by Gasteiger charge is -2.27. The van der Waals surface area contributed by atoms with Crippen LogP contribution in [-0.2, 0) is 14.3 Å². The van der Waals surface area contributed by atoms with Crippen molar-refractivity contribution in [1.82, 2.24) is 4.90 Å². The molecule has 7 nitrogen and oxygen atoms in total. The molecule has 0 saturated heterocycles. The molecule has 1 aromatic carbocycles. The van der Waals surface area contributed by atoms with Gasteiger partial charge in [0, 0.05) is 14.1 Å². The Morgan fingerprint density at radius 2 is 2.00 bits per heavy atom. The molecule has 0 N–H and O–H groups in total. The highest BCUT2D eigenvalue weighted by Gasteiger charge is 2.37. The fraction of sp³-hybridized carbons (Fsp3) is 0.350. The highest BCUT2D eigenvalue weighted by Crippen LogP contribution is 2.41. The fourth-order valence-corrected chi connectivity index (χ4v) is 2.78. The van der Waals surface area contributed by atoms with Crippen molar-refractivity contribution in [2.45, 2.75) is 19.8 Å². The molecular formula is C20H22ClN3O4. The number of methoxy groups -OCH3 is 1. The van der Waals surface area contributed by atoms with E-state index in [9.17, 15) is 10.1 Å². The van der Waals surface area contributed by atoms with Crippen LogP contribution in [-0.4, -0.2) is 44.0 Å². The van der Waals surface area contributed by atoms with Crippen molar-refractivity contribution in [3.63, 3.8) is 0 Å². The Labute approximate surface area is 169 Å². The molecule has 1 heterocycles. The first-order valence-electron chi connectivity index (χ1n) is 8.59. The van der Waals surface area contributed by atoms with Crippen LogP contribution in [0.4, 0.5) is 0 Å². The normalized spacial score (nSPS) is 17.0. The molecule has 1 aromatic rings. The van der Waals surface area contributed by atoms with Crippen LogP contribution in [0, 0.1) is 11.3 Å². The van der Waals surface area contributed by atoms with Gasteiger partial charge in [-0.3, -0.25) is 0 Å². The van der Waals surface area contributed by atoms with Gasteiger partial charge in [0.05, 0.1) is 25.2 Å². The maximum absolute atomic E-state index is 12.6. The first-order valence-corrected chi connectivity index (χ1v) is 8.97. The highest BCUT2D eigenvalue weighted by molar-refractivity contribution is 6.64. The largest absolute Gasteiger partial charge is 0.497 e. The number of carbonyl (C=O) groups is 1. The van der Waals surface area contributed by atoms with E-state index in [4.69, 9.17) is 25.8 Å². The Hall–Kier alpha value is -2.98. The van der Waals surface area contributed by atoms with Crippen LogP contribution < -0.4 is 4.74 Å². The van der Waals surface area contributed by atoms with Gasteiger partial charge in [0.2, 0.25) is 11.2 Å². The number of rotatable bonds is 5. The van der Waals surface area contributed by atoms with Crippen molar-refractivity contribution in [2.75, 3.05) is 27.8 Å². The van der Waals surface area contributed by atoms with E-state index in [2.05, 4.69) is 11.1 Å². The van der Waals surface area contributed by atoms with Crippen LogP contribution >= 0.6 is 11.6 Å². The quantitative estimate of drug-likeness (QED) is 0.323. The third-order valence-electron chi connectivity index (χ3n) is 4.06. The second-order valence-electron chi connectivity index (χ2n) is 6.10. The number of esters is 1. The Morgan fingerprint density at radius 3 is 2.50 bits per heavy atom. The van der Waals surface area contributed by atoms with Crippen LogP contribution in [0.15, 0.2) is 52.0 Å². The average molecular weight is 404 g/mol. The monoisotopic (exact) mass is 403 g/mol. The van der Waals surface area contributed by atoms with Crippen LogP contribution in [0.1, 0.15) is 25.3 Å². The Bertz CT molecular complexity index is 880. The van der Waals surface area contributed by atoms with E-state index in [1.807, 2.05) is 0 Å². The number of ether oxygens (including phenoxy) is 3. The molecule has 8 heteroatoms. The summed E-state index contributed by atoms with van der Waals surface area (Å²) in [6.07, 6.45) is 0. The van der Waals surface area contributed by atoms with E-state index in [1.54, 1.807) is 64.2 Å². The topological polar surface area (TPSA) is 84.2 Å². The van der Waals surface area contributed by atoms with Crippen molar-refractivity contribution in [2.24, 2.45) is 4.99 Å². The van der Waals surface area contributed by atoms with Crippen molar-refractivity contribution < 1.29 is 19.0 Å². The average Bonchev–Trinajstić information content (AvgIpc) is 2.67. The van der Waals surface area contributed by atoms with Gasteiger partial charge in [-0.05, 0) is 43.1 Å². The minimum atomic E-state index is -0.700. The molecule has 28 heavy (non-hydrogen) atoms. The van der Waals surface area contributed by atoms with E-state index in [0.29, 0.717) is 17.1 Å². The van der Waals surface area contributed by atoms with Crippen LogP contribution in [0.3, 0.4) is 0 Å². The molecule has 1 atom stereocenters. The number of halogens is 1. The molecule has 0 spiro atoms. The summed E-state index contributed by atoms with van der Waals surface area (Å²) >= 11 is 6.13. The number of benzene rings is 1. The van der Waals surface area contributed by atoms with E-state index < -0.39 is 11.9 Å². The number of aliphatic imine (C=N–C) groups is 1. The van der Waals surface area contributed by atoms with Gasteiger partial charge in [-0.15, -0.1) is 0 Å². The first-order chi connectivity index (χ1) is 13.3. The third-order valence-corrected chi connectivity index (χ3v) is 4.49. The van der Waals surface area contributed by atoms with Gasteiger partial charge in [-0.25, -0.2) is 4.79 Å². The van der Waals surface area contributed by atoms with E-state index in [1.165, 1.54) is 0 Å². The molecule has 0 bridgehead atoms. The Kier molecular flexibility index (Phi) is 7.07. The molecular weight excluding hydrogens is 382 g/mol. The van der Waals surface area contributed by atoms with Gasteiger partial charge < -0.3 is 19.1 Å². The van der Waals surface area contributed by atoms with Gasteiger partial charge in [0.15, 0.2) is 0 Å². The zero-order valence-corrected chi connectivity index (χ0v) is 17.2. The van der Waals surface area contributed by atoms with Gasteiger partial charge in [0.1, 0.15) is 23.2 Å². The predicted molar refractivity (Wildman–Crippen MR) is 106 cm³/mol. The summed E-state index contributed by atoms with van der Waals surface area (Å²) in [5.74, 6) is -0.234. The summed E-state index contributed by atoms with van der Waals surface area (Å²) in [6.45, 7) is 3.55. The van der Waals surface area contributed by atoms with Crippen molar-refractivity contribution in [3.05, 3.63) is 52.6 Å². The standard InChI is InChI=1S/C20H22ClN3O4/c1-6-27-19(25)16-12(2)28-18(23-20(21)24(3)4)15(11-22)17(16)13-7-9-14(26-5)10-8-13/h7-10,17H,6H2,1-5H3/b23-20+. The summed E-state index contributed by atoms with van der Waals surface area (Å²) in [5.41, 5.74) is 1.12. The van der Waals surface area contributed by atoms with Crippen molar-refractivity contribution in [1.29, 1.82) is 5.26 Å². The molecule has 1 aliphatic heterocycles.